The summed E-state index contributed by atoms with van der Waals surface area (Å²) in [5, 5.41) is 8.84. The molecule has 0 aromatic heterocycles. The van der Waals surface area contributed by atoms with Gasteiger partial charge in [0.2, 0.25) is 0 Å². The molecule has 37 heavy (non-hydrogen) atoms. The third kappa shape index (κ3) is 7.77. The molecular weight excluding hydrogens is 448 g/mol. The van der Waals surface area contributed by atoms with Gasteiger partial charge in [-0.2, -0.15) is 0 Å². The third-order valence-electron chi connectivity index (χ3n) is 12.1. The Morgan fingerprint density at radius 3 is 0.973 bits per heavy atom. The summed E-state index contributed by atoms with van der Waals surface area (Å²) in [6.07, 6.45) is 37.4. The van der Waals surface area contributed by atoms with Gasteiger partial charge in [-0.3, -0.25) is 0 Å². The molecule has 2 heteroatoms. The monoisotopic (exact) mass is 513 g/mol. The molecule has 2 N–H and O–H groups in total. The fourth-order valence-electron chi connectivity index (χ4n) is 10.4. The minimum atomic E-state index is 0.807. The van der Waals surface area contributed by atoms with E-state index in [1.807, 2.05) is 0 Å². The molecule has 3 aliphatic carbocycles. The van der Waals surface area contributed by atoms with Crippen LogP contribution in [0.25, 0.3) is 0 Å². The summed E-state index contributed by atoms with van der Waals surface area (Å²) >= 11 is 0. The summed E-state index contributed by atoms with van der Waals surface area (Å²) in [7, 11) is 0. The van der Waals surface area contributed by atoms with Crippen LogP contribution in [0, 0.1) is 35.5 Å². The van der Waals surface area contributed by atoms with Gasteiger partial charge in [0.05, 0.1) is 0 Å². The molecule has 0 spiro atoms. The van der Waals surface area contributed by atoms with Crippen LogP contribution in [0.2, 0.25) is 0 Å². The Bertz CT molecular complexity index is 550. The molecule has 6 unspecified atom stereocenters. The van der Waals surface area contributed by atoms with Crippen LogP contribution in [0.15, 0.2) is 0 Å². The average molecular weight is 513 g/mol. The Balaban J connectivity index is 1.51. The van der Waals surface area contributed by atoms with Crippen molar-refractivity contribution in [3.63, 3.8) is 0 Å². The predicted octanol–water partition coefficient (Wildman–Crippen LogP) is 9.42. The summed E-state index contributed by atoms with van der Waals surface area (Å²) in [6, 6.07) is 1.62. The highest BCUT2D eigenvalue weighted by molar-refractivity contribution is 5.07. The maximum absolute atomic E-state index is 4.43. The maximum Gasteiger partial charge on any atom is 0.0133 e. The quantitative estimate of drug-likeness (QED) is 0.385. The molecule has 6 atom stereocenters. The van der Waals surface area contributed by atoms with E-state index >= 15 is 0 Å². The highest BCUT2D eigenvalue weighted by Gasteiger charge is 2.53. The first-order valence-corrected chi connectivity index (χ1v) is 17.9. The first kappa shape index (κ1) is 28.4. The van der Waals surface area contributed by atoms with Gasteiger partial charge in [-0.25, -0.2) is 0 Å². The molecule has 5 aliphatic rings. The van der Waals surface area contributed by atoms with Crippen molar-refractivity contribution in [1.29, 1.82) is 0 Å². The fraction of sp³-hybridized carbons (Fsp3) is 1.00. The lowest BCUT2D eigenvalue weighted by Gasteiger charge is -2.57. The van der Waals surface area contributed by atoms with Gasteiger partial charge in [0.15, 0.2) is 0 Å². The van der Waals surface area contributed by atoms with Gasteiger partial charge in [0.1, 0.15) is 0 Å². The number of hydrogen-bond acceptors (Lipinski definition) is 2. The zero-order valence-corrected chi connectivity index (χ0v) is 24.7. The number of rotatable bonds is 2. The van der Waals surface area contributed by atoms with E-state index in [4.69, 9.17) is 0 Å². The zero-order chi connectivity index (χ0) is 25.1. The highest BCUT2D eigenvalue weighted by Crippen LogP contribution is 2.52. The van der Waals surface area contributed by atoms with Gasteiger partial charge in [-0.1, -0.05) is 135 Å². The summed E-state index contributed by atoms with van der Waals surface area (Å²) in [6.45, 7) is 2.60. The third-order valence-corrected chi connectivity index (χ3v) is 12.1. The second kappa shape index (κ2) is 15.6. The molecule has 2 heterocycles. The first-order valence-electron chi connectivity index (χ1n) is 17.9. The van der Waals surface area contributed by atoms with Crippen molar-refractivity contribution in [1.82, 2.24) is 10.6 Å². The lowest BCUT2D eigenvalue weighted by molar-refractivity contribution is -0.0445. The van der Waals surface area contributed by atoms with Crippen LogP contribution in [0.4, 0.5) is 0 Å². The summed E-state index contributed by atoms with van der Waals surface area (Å²) < 4.78 is 0. The van der Waals surface area contributed by atoms with Crippen LogP contribution in [0.5, 0.6) is 0 Å². The van der Waals surface area contributed by atoms with E-state index in [2.05, 4.69) is 10.6 Å². The molecule has 5 rings (SSSR count). The molecule has 3 saturated carbocycles. The van der Waals surface area contributed by atoms with E-state index in [1.165, 1.54) is 174 Å². The second-order valence-corrected chi connectivity index (χ2v) is 14.4. The molecule has 5 fully saturated rings. The molecule has 0 radical (unpaired) electrons. The lowest BCUT2D eigenvalue weighted by atomic mass is 9.52. The standard InChI is InChI=1S/C35H64N2/c1-4-12-20-28(21-13-5-1)32-30-24-16-8-3-10-18-26-36-34(30)33(29-22-14-6-2-7-15-23-29)31-25-17-9-11-19-27-37-35(31)32/h28-37H,1-27H2. The molecule has 2 aliphatic heterocycles. The number of fused-ring (bicyclic) bond motifs is 2. The maximum atomic E-state index is 4.43. The fourth-order valence-corrected chi connectivity index (χ4v) is 10.4. The van der Waals surface area contributed by atoms with Crippen molar-refractivity contribution in [2.75, 3.05) is 13.1 Å². The Kier molecular flexibility index (Phi) is 12.0. The average Bonchev–Trinajstić information content (AvgIpc) is 2.99. The molecule has 0 aromatic carbocycles. The Morgan fingerprint density at radius 1 is 0.297 bits per heavy atom. The minimum Gasteiger partial charge on any atom is -0.313 e. The predicted molar refractivity (Wildman–Crippen MR) is 160 cm³/mol. The largest absolute Gasteiger partial charge is 0.313 e. The van der Waals surface area contributed by atoms with Crippen molar-refractivity contribution < 1.29 is 0 Å². The van der Waals surface area contributed by atoms with E-state index in [1.54, 1.807) is 0 Å². The van der Waals surface area contributed by atoms with Gasteiger partial charge in [0.25, 0.3) is 0 Å². The van der Waals surface area contributed by atoms with Gasteiger partial charge < -0.3 is 10.6 Å². The van der Waals surface area contributed by atoms with Crippen molar-refractivity contribution in [2.45, 2.75) is 173 Å². The van der Waals surface area contributed by atoms with Crippen LogP contribution in [-0.2, 0) is 0 Å². The van der Waals surface area contributed by atoms with E-state index in [-0.39, 0.29) is 0 Å². The number of hydrogen-bond donors (Lipinski definition) is 2. The topological polar surface area (TPSA) is 24.1 Å². The van der Waals surface area contributed by atoms with E-state index in [9.17, 15) is 0 Å². The minimum absolute atomic E-state index is 0.807. The van der Waals surface area contributed by atoms with Crippen LogP contribution in [-0.4, -0.2) is 25.2 Å². The van der Waals surface area contributed by atoms with Crippen molar-refractivity contribution >= 4 is 0 Å². The van der Waals surface area contributed by atoms with Crippen LogP contribution >= 0.6 is 0 Å². The van der Waals surface area contributed by atoms with Gasteiger partial charge in [-0.15, -0.1) is 0 Å². The van der Waals surface area contributed by atoms with Gasteiger partial charge in [0, 0.05) is 12.1 Å². The van der Waals surface area contributed by atoms with Crippen molar-refractivity contribution in [3.8, 4) is 0 Å². The van der Waals surface area contributed by atoms with Crippen molar-refractivity contribution in [2.24, 2.45) is 35.5 Å². The Hall–Kier alpha value is -0.0800. The van der Waals surface area contributed by atoms with E-state index < -0.39 is 0 Å². The Morgan fingerprint density at radius 2 is 0.595 bits per heavy atom. The number of nitrogens with one attached hydrogen (secondary N) is 2. The molecule has 0 bridgehead atoms. The first-order chi connectivity index (χ1) is 18.4. The van der Waals surface area contributed by atoms with Crippen molar-refractivity contribution in [3.05, 3.63) is 0 Å². The van der Waals surface area contributed by atoms with Crippen LogP contribution in [0.3, 0.4) is 0 Å². The molecule has 2 nitrogen and oxygen atoms in total. The summed E-state index contributed by atoms with van der Waals surface area (Å²) in [4.78, 5) is 0. The molecule has 0 aromatic rings. The normalized spacial score (nSPS) is 39.2. The lowest BCUT2D eigenvalue weighted by Crippen LogP contribution is -2.64. The summed E-state index contributed by atoms with van der Waals surface area (Å²) in [5.41, 5.74) is 0. The smallest absolute Gasteiger partial charge is 0.0133 e. The molecule has 2 saturated heterocycles. The molecule has 214 valence electrons. The SMILES string of the molecule is C1CCCC(C2C3CCCCCCCNC3C(C3CCCCCCC3)C3CCCCCCNC32)CCC1. The molecule has 0 amide bonds. The van der Waals surface area contributed by atoms with Gasteiger partial charge >= 0.3 is 0 Å². The van der Waals surface area contributed by atoms with Crippen LogP contribution in [0.1, 0.15) is 161 Å². The van der Waals surface area contributed by atoms with E-state index in [0.717, 1.165) is 47.6 Å². The van der Waals surface area contributed by atoms with Gasteiger partial charge in [-0.05, 0) is 74.3 Å². The van der Waals surface area contributed by atoms with E-state index in [0.29, 0.717) is 0 Å². The van der Waals surface area contributed by atoms with Crippen LogP contribution < -0.4 is 10.6 Å². The molecular formula is C35H64N2. The zero-order valence-electron chi connectivity index (χ0n) is 24.7. The Labute approximate surface area is 231 Å². The highest BCUT2D eigenvalue weighted by atomic mass is 15.0. The second-order valence-electron chi connectivity index (χ2n) is 14.4. The summed E-state index contributed by atoms with van der Waals surface area (Å²) in [5.74, 6) is 5.68.